The minimum atomic E-state index is -1.09. The first-order chi connectivity index (χ1) is 10.1. The standard InChI is InChI=1S/C14H13ClN2O4/c15-9-3-1-8(2-4-9)12-11(14(18)19)13(17-21-12)16-10-5-6-20-7-10/h1-4,10H,5-7H2,(H,16,17)(H,18,19). The summed E-state index contributed by atoms with van der Waals surface area (Å²) in [5, 5.41) is 16.9. The number of hydrogen-bond donors (Lipinski definition) is 2. The number of carbonyl (C=O) groups is 1. The van der Waals surface area contributed by atoms with E-state index in [2.05, 4.69) is 10.5 Å². The molecule has 1 saturated heterocycles. The first-order valence-electron chi connectivity index (χ1n) is 6.48. The Morgan fingerprint density at radius 1 is 1.38 bits per heavy atom. The number of rotatable bonds is 4. The zero-order chi connectivity index (χ0) is 14.8. The molecule has 0 spiro atoms. The summed E-state index contributed by atoms with van der Waals surface area (Å²) in [5.74, 6) is -0.661. The molecule has 3 rings (SSSR count). The van der Waals surface area contributed by atoms with E-state index < -0.39 is 5.97 Å². The molecule has 0 amide bonds. The quantitative estimate of drug-likeness (QED) is 0.903. The highest BCUT2D eigenvalue weighted by atomic mass is 35.5. The van der Waals surface area contributed by atoms with Crippen LogP contribution in [0.15, 0.2) is 28.8 Å². The van der Waals surface area contributed by atoms with Gasteiger partial charge in [-0.15, -0.1) is 0 Å². The molecule has 0 radical (unpaired) electrons. The van der Waals surface area contributed by atoms with Crippen LogP contribution in [0, 0.1) is 0 Å². The molecule has 2 heterocycles. The van der Waals surface area contributed by atoms with Crippen LogP contribution in [0.3, 0.4) is 0 Å². The molecule has 21 heavy (non-hydrogen) atoms. The zero-order valence-electron chi connectivity index (χ0n) is 11.0. The molecule has 7 heteroatoms. The predicted molar refractivity (Wildman–Crippen MR) is 76.8 cm³/mol. The first kappa shape index (κ1) is 13.9. The molecule has 1 aliphatic heterocycles. The van der Waals surface area contributed by atoms with Gasteiger partial charge in [-0.25, -0.2) is 4.79 Å². The maximum absolute atomic E-state index is 11.5. The molecule has 1 aromatic carbocycles. The lowest BCUT2D eigenvalue weighted by Gasteiger charge is -2.09. The lowest BCUT2D eigenvalue weighted by atomic mass is 10.1. The lowest BCUT2D eigenvalue weighted by Crippen LogP contribution is -2.20. The average Bonchev–Trinajstić information content (AvgIpc) is 3.09. The van der Waals surface area contributed by atoms with Crippen molar-refractivity contribution >= 4 is 23.4 Å². The van der Waals surface area contributed by atoms with Crippen LogP contribution in [0.2, 0.25) is 5.02 Å². The first-order valence-corrected chi connectivity index (χ1v) is 6.86. The van der Waals surface area contributed by atoms with Crippen LogP contribution in [0.1, 0.15) is 16.8 Å². The fourth-order valence-corrected chi connectivity index (χ4v) is 2.35. The highest BCUT2D eigenvalue weighted by Crippen LogP contribution is 2.31. The van der Waals surface area contributed by atoms with Crippen molar-refractivity contribution in [1.29, 1.82) is 0 Å². The van der Waals surface area contributed by atoms with Crippen molar-refractivity contribution in [3.05, 3.63) is 34.9 Å². The monoisotopic (exact) mass is 308 g/mol. The van der Waals surface area contributed by atoms with Crippen molar-refractivity contribution < 1.29 is 19.2 Å². The van der Waals surface area contributed by atoms with E-state index in [1.54, 1.807) is 24.3 Å². The molecule has 0 bridgehead atoms. The minimum absolute atomic E-state index is 0.0178. The van der Waals surface area contributed by atoms with Crippen molar-refractivity contribution in [3.8, 4) is 11.3 Å². The van der Waals surface area contributed by atoms with E-state index in [9.17, 15) is 9.90 Å². The van der Waals surface area contributed by atoms with Gasteiger partial charge in [0.1, 0.15) is 0 Å². The second kappa shape index (κ2) is 5.75. The second-order valence-corrected chi connectivity index (χ2v) is 5.19. The Morgan fingerprint density at radius 3 is 2.76 bits per heavy atom. The maximum Gasteiger partial charge on any atom is 0.343 e. The Morgan fingerprint density at radius 2 is 2.14 bits per heavy atom. The number of aromatic carboxylic acids is 1. The molecular formula is C14H13ClN2O4. The lowest BCUT2D eigenvalue weighted by molar-refractivity contribution is 0.0698. The number of ether oxygens (including phenoxy) is 1. The number of halogens is 1. The molecular weight excluding hydrogens is 296 g/mol. The second-order valence-electron chi connectivity index (χ2n) is 4.75. The molecule has 0 aliphatic carbocycles. The van der Waals surface area contributed by atoms with Gasteiger partial charge in [0, 0.05) is 17.2 Å². The number of carboxylic acid groups (broad SMARTS) is 1. The van der Waals surface area contributed by atoms with E-state index in [1.165, 1.54) is 0 Å². The van der Waals surface area contributed by atoms with Gasteiger partial charge in [-0.1, -0.05) is 16.8 Å². The SMILES string of the molecule is O=C(O)c1c(NC2CCOC2)noc1-c1ccc(Cl)cc1. The fraction of sp³-hybridized carbons (Fsp3) is 0.286. The van der Waals surface area contributed by atoms with Crippen LogP contribution in [-0.4, -0.2) is 35.5 Å². The van der Waals surface area contributed by atoms with Crippen LogP contribution in [-0.2, 0) is 4.74 Å². The van der Waals surface area contributed by atoms with Crippen molar-refractivity contribution in [2.75, 3.05) is 18.5 Å². The molecule has 1 unspecified atom stereocenters. The Bertz CT molecular complexity index is 647. The third kappa shape index (κ3) is 2.86. The van der Waals surface area contributed by atoms with Crippen molar-refractivity contribution in [3.63, 3.8) is 0 Å². The van der Waals surface area contributed by atoms with Gasteiger partial charge in [0.2, 0.25) is 0 Å². The van der Waals surface area contributed by atoms with Crippen LogP contribution < -0.4 is 5.32 Å². The summed E-state index contributed by atoms with van der Waals surface area (Å²) in [5.41, 5.74) is 0.629. The van der Waals surface area contributed by atoms with Gasteiger partial charge in [0.25, 0.3) is 0 Å². The minimum Gasteiger partial charge on any atom is -0.477 e. The Hall–Kier alpha value is -2.05. The molecule has 1 fully saturated rings. The Kier molecular flexibility index (Phi) is 3.81. The van der Waals surface area contributed by atoms with Crippen molar-refractivity contribution in [2.45, 2.75) is 12.5 Å². The van der Waals surface area contributed by atoms with E-state index in [0.29, 0.717) is 23.8 Å². The zero-order valence-corrected chi connectivity index (χ0v) is 11.8. The summed E-state index contributed by atoms with van der Waals surface area (Å²) in [7, 11) is 0. The number of benzene rings is 1. The summed E-state index contributed by atoms with van der Waals surface area (Å²) in [6, 6.07) is 6.77. The van der Waals surface area contributed by atoms with Gasteiger partial charge < -0.3 is 19.7 Å². The fourth-order valence-electron chi connectivity index (χ4n) is 2.23. The number of carboxylic acids is 1. The maximum atomic E-state index is 11.5. The van der Waals surface area contributed by atoms with E-state index >= 15 is 0 Å². The third-order valence-electron chi connectivity index (χ3n) is 3.28. The predicted octanol–water partition coefficient (Wildman–Crippen LogP) is 2.89. The van der Waals surface area contributed by atoms with Gasteiger partial charge in [-0.2, -0.15) is 0 Å². The van der Waals surface area contributed by atoms with Crippen molar-refractivity contribution in [2.24, 2.45) is 0 Å². The number of hydrogen-bond acceptors (Lipinski definition) is 5. The number of nitrogens with one attached hydrogen (secondary N) is 1. The number of aromatic nitrogens is 1. The summed E-state index contributed by atoms with van der Waals surface area (Å²) in [6.07, 6.45) is 0.808. The highest BCUT2D eigenvalue weighted by Gasteiger charge is 2.26. The molecule has 6 nitrogen and oxygen atoms in total. The largest absolute Gasteiger partial charge is 0.477 e. The average molecular weight is 309 g/mol. The smallest absolute Gasteiger partial charge is 0.343 e. The van der Waals surface area contributed by atoms with Crippen LogP contribution in [0.25, 0.3) is 11.3 Å². The van der Waals surface area contributed by atoms with E-state index in [0.717, 1.165) is 6.42 Å². The number of anilines is 1. The van der Waals surface area contributed by atoms with E-state index in [4.69, 9.17) is 20.9 Å². The summed E-state index contributed by atoms with van der Waals surface area (Å²) in [4.78, 5) is 11.5. The molecule has 1 atom stereocenters. The topological polar surface area (TPSA) is 84.6 Å². The van der Waals surface area contributed by atoms with Gasteiger partial charge in [0.15, 0.2) is 17.1 Å². The van der Waals surface area contributed by atoms with Crippen LogP contribution in [0.4, 0.5) is 5.82 Å². The van der Waals surface area contributed by atoms with Gasteiger partial charge in [-0.3, -0.25) is 0 Å². The Labute approximate surface area is 125 Å². The van der Waals surface area contributed by atoms with Gasteiger partial charge >= 0.3 is 5.97 Å². The molecule has 1 aromatic heterocycles. The van der Waals surface area contributed by atoms with Crippen LogP contribution >= 0.6 is 11.6 Å². The summed E-state index contributed by atoms with van der Waals surface area (Å²) < 4.78 is 10.5. The van der Waals surface area contributed by atoms with E-state index in [1.807, 2.05) is 0 Å². The Balaban J connectivity index is 1.95. The number of nitrogens with zero attached hydrogens (tertiary/aromatic N) is 1. The normalized spacial score (nSPS) is 17.9. The highest BCUT2D eigenvalue weighted by molar-refractivity contribution is 6.30. The third-order valence-corrected chi connectivity index (χ3v) is 3.53. The summed E-state index contributed by atoms with van der Waals surface area (Å²) >= 11 is 5.83. The van der Waals surface area contributed by atoms with E-state index in [-0.39, 0.29) is 23.2 Å². The molecule has 1 aliphatic rings. The molecule has 110 valence electrons. The summed E-state index contributed by atoms with van der Waals surface area (Å²) in [6.45, 7) is 1.18. The van der Waals surface area contributed by atoms with Crippen LogP contribution in [0.5, 0.6) is 0 Å². The van der Waals surface area contributed by atoms with Gasteiger partial charge in [0.05, 0.1) is 12.6 Å². The molecule has 2 N–H and O–H groups in total. The van der Waals surface area contributed by atoms with Gasteiger partial charge in [-0.05, 0) is 30.7 Å². The molecule has 0 saturated carbocycles. The molecule has 2 aromatic rings. The van der Waals surface area contributed by atoms with Crippen molar-refractivity contribution in [1.82, 2.24) is 5.16 Å².